The minimum atomic E-state index is -0.0139. The monoisotopic (exact) mass is 218 g/mol. The first-order valence-corrected chi connectivity index (χ1v) is 5.03. The van der Waals surface area contributed by atoms with E-state index in [0.717, 1.165) is 6.42 Å². The normalized spacial score (nSPS) is 38.2. The topological polar surface area (TPSA) is 9.23 Å². The molecule has 0 N–H and O–H groups in total. The second-order valence-corrected chi connectivity index (χ2v) is 4.42. The van der Waals surface area contributed by atoms with Crippen LogP contribution in [0, 0.1) is 0 Å². The number of alkyl halides is 1. The Morgan fingerprint density at radius 3 is 2.91 bits per heavy atom. The zero-order chi connectivity index (χ0) is 8.32. The van der Waals surface area contributed by atoms with Crippen LogP contribution in [0.2, 0.25) is 0 Å². The molecule has 0 aromatic heterocycles. The Morgan fingerprint density at radius 1 is 1.64 bits per heavy atom. The molecule has 0 unspecified atom stereocenters. The van der Waals surface area contributed by atoms with Crippen LogP contribution in [0.4, 0.5) is 0 Å². The summed E-state index contributed by atoms with van der Waals surface area (Å²) in [6.45, 7) is 5.74. The summed E-state index contributed by atoms with van der Waals surface area (Å²) in [6, 6.07) is 0. The maximum absolute atomic E-state index is 5.50. The fourth-order valence-corrected chi connectivity index (χ4v) is 2.25. The van der Waals surface area contributed by atoms with Crippen molar-refractivity contribution in [3.8, 4) is 0 Å². The first-order valence-electron chi connectivity index (χ1n) is 4.12. The first-order chi connectivity index (χ1) is 5.19. The average Bonchev–Trinajstić information content (AvgIpc) is 1.96. The third-order valence-electron chi connectivity index (χ3n) is 2.40. The molecule has 0 heterocycles. The quantitative estimate of drug-likeness (QED) is 0.511. The number of rotatable bonds is 2. The maximum Gasteiger partial charge on any atom is 0.118 e. The molecule has 0 amide bonds. The van der Waals surface area contributed by atoms with Crippen LogP contribution in [0.25, 0.3) is 0 Å². The summed E-state index contributed by atoms with van der Waals surface area (Å²) in [5, 5.41) is 0. The van der Waals surface area contributed by atoms with Crippen LogP contribution < -0.4 is 0 Å². The number of ether oxygens (including phenoxy) is 1. The van der Waals surface area contributed by atoms with Gasteiger partial charge >= 0.3 is 0 Å². The molecule has 1 aliphatic rings. The summed E-state index contributed by atoms with van der Waals surface area (Å²) < 4.78 is 5.50. The lowest BCUT2D eigenvalue weighted by molar-refractivity contribution is 0.0145. The van der Waals surface area contributed by atoms with E-state index in [1.165, 1.54) is 19.3 Å². The highest BCUT2D eigenvalue weighted by Gasteiger charge is 2.35. The predicted octanol–water partition coefficient (Wildman–Crippen LogP) is 3.24. The van der Waals surface area contributed by atoms with Gasteiger partial charge in [-0.15, -0.1) is 0 Å². The standard InChI is InChI=1S/C9H15BrO/c1-3-11-9(2)7-5-4-6-8(9)10/h3,8H,1,4-7H2,2H3/t8-,9-/m1/s1. The first kappa shape index (κ1) is 9.11. The summed E-state index contributed by atoms with van der Waals surface area (Å²) in [4.78, 5) is 0.488. The van der Waals surface area contributed by atoms with E-state index >= 15 is 0 Å². The lowest BCUT2D eigenvalue weighted by Gasteiger charge is -2.37. The minimum absolute atomic E-state index is 0.0139. The fraction of sp³-hybridized carbons (Fsp3) is 0.778. The SMILES string of the molecule is C=CO[C@]1(C)CCCC[C@H]1Br. The van der Waals surface area contributed by atoms with Crippen molar-refractivity contribution in [3.05, 3.63) is 12.8 Å². The number of hydrogen-bond acceptors (Lipinski definition) is 1. The Morgan fingerprint density at radius 2 is 2.36 bits per heavy atom. The molecule has 2 heteroatoms. The van der Waals surface area contributed by atoms with Crippen molar-refractivity contribution in [3.63, 3.8) is 0 Å². The molecule has 1 saturated carbocycles. The molecule has 64 valence electrons. The van der Waals surface area contributed by atoms with Crippen LogP contribution in [0.5, 0.6) is 0 Å². The van der Waals surface area contributed by atoms with E-state index in [0.29, 0.717) is 4.83 Å². The Balaban J connectivity index is 2.56. The molecule has 0 spiro atoms. The molecule has 11 heavy (non-hydrogen) atoms. The second kappa shape index (κ2) is 3.61. The molecule has 1 rings (SSSR count). The van der Waals surface area contributed by atoms with Crippen molar-refractivity contribution < 1.29 is 4.74 Å². The predicted molar refractivity (Wildman–Crippen MR) is 50.9 cm³/mol. The summed E-state index contributed by atoms with van der Waals surface area (Å²) in [5.41, 5.74) is -0.0139. The number of hydrogen-bond donors (Lipinski definition) is 0. The van der Waals surface area contributed by atoms with Gasteiger partial charge in [0, 0.05) is 0 Å². The van der Waals surface area contributed by atoms with E-state index in [1.54, 1.807) is 6.26 Å². The van der Waals surface area contributed by atoms with Gasteiger partial charge in [-0.1, -0.05) is 28.9 Å². The van der Waals surface area contributed by atoms with E-state index in [1.807, 2.05) is 0 Å². The fourth-order valence-electron chi connectivity index (χ4n) is 1.58. The van der Waals surface area contributed by atoms with E-state index in [-0.39, 0.29) is 5.60 Å². The third kappa shape index (κ3) is 1.98. The van der Waals surface area contributed by atoms with Crippen molar-refractivity contribution in [1.82, 2.24) is 0 Å². The van der Waals surface area contributed by atoms with Gasteiger partial charge in [-0.2, -0.15) is 0 Å². The van der Waals surface area contributed by atoms with E-state index in [4.69, 9.17) is 4.74 Å². The smallest absolute Gasteiger partial charge is 0.118 e. The highest BCUT2D eigenvalue weighted by Crippen LogP contribution is 2.36. The Kier molecular flexibility index (Phi) is 2.99. The molecule has 2 atom stereocenters. The van der Waals surface area contributed by atoms with Crippen molar-refractivity contribution in [2.75, 3.05) is 0 Å². The Bertz CT molecular complexity index is 146. The number of halogens is 1. The minimum Gasteiger partial charge on any atom is -0.495 e. The van der Waals surface area contributed by atoms with Gasteiger partial charge < -0.3 is 4.74 Å². The van der Waals surface area contributed by atoms with Crippen LogP contribution in [0.15, 0.2) is 12.8 Å². The summed E-state index contributed by atoms with van der Waals surface area (Å²) in [5.74, 6) is 0. The molecular formula is C9H15BrO. The van der Waals surface area contributed by atoms with Crippen LogP contribution in [-0.4, -0.2) is 10.4 Å². The molecule has 1 fully saturated rings. The Labute approximate surface area is 76.9 Å². The van der Waals surface area contributed by atoms with E-state index in [9.17, 15) is 0 Å². The molecule has 1 aliphatic carbocycles. The molecule has 0 aromatic rings. The van der Waals surface area contributed by atoms with Crippen molar-refractivity contribution in [1.29, 1.82) is 0 Å². The van der Waals surface area contributed by atoms with Crippen LogP contribution in [0.1, 0.15) is 32.6 Å². The van der Waals surface area contributed by atoms with Gasteiger partial charge in [0.1, 0.15) is 5.60 Å². The van der Waals surface area contributed by atoms with Gasteiger partial charge in [-0.05, 0) is 26.2 Å². The zero-order valence-corrected chi connectivity index (χ0v) is 8.56. The molecule has 1 nitrogen and oxygen atoms in total. The van der Waals surface area contributed by atoms with Gasteiger partial charge in [0.2, 0.25) is 0 Å². The lowest BCUT2D eigenvalue weighted by Crippen LogP contribution is -2.39. The molecular weight excluding hydrogens is 204 g/mol. The van der Waals surface area contributed by atoms with Crippen molar-refractivity contribution in [2.45, 2.75) is 43.0 Å². The molecule has 0 aliphatic heterocycles. The van der Waals surface area contributed by atoms with Crippen LogP contribution in [0.3, 0.4) is 0 Å². The summed E-state index contributed by atoms with van der Waals surface area (Å²) in [7, 11) is 0. The largest absolute Gasteiger partial charge is 0.495 e. The highest BCUT2D eigenvalue weighted by molar-refractivity contribution is 9.09. The van der Waals surface area contributed by atoms with Gasteiger partial charge in [0.15, 0.2) is 0 Å². The summed E-state index contributed by atoms with van der Waals surface area (Å²) in [6.07, 6.45) is 6.48. The zero-order valence-electron chi connectivity index (χ0n) is 6.98. The van der Waals surface area contributed by atoms with E-state index < -0.39 is 0 Å². The van der Waals surface area contributed by atoms with Crippen LogP contribution in [-0.2, 0) is 4.74 Å². The molecule has 0 aromatic carbocycles. The molecule has 0 saturated heterocycles. The van der Waals surface area contributed by atoms with E-state index in [2.05, 4.69) is 29.4 Å². The van der Waals surface area contributed by atoms with Gasteiger partial charge in [0.25, 0.3) is 0 Å². The molecule has 0 bridgehead atoms. The maximum atomic E-state index is 5.50. The second-order valence-electron chi connectivity index (χ2n) is 3.31. The van der Waals surface area contributed by atoms with Crippen molar-refractivity contribution in [2.24, 2.45) is 0 Å². The van der Waals surface area contributed by atoms with Crippen molar-refractivity contribution >= 4 is 15.9 Å². The average molecular weight is 219 g/mol. The van der Waals surface area contributed by atoms with Gasteiger partial charge in [0.05, 0.1) is 11.1 Å². The van der Waals surface area contributed by atoms with Crippen LogP contribution >= 0.6 is 15.9 Å². The Hall–Kier alpha value is 0.0200. The highest BCUT2D eigenvalue weighted by atomic mass is 79.9. The van der Waals surface area contributed by atoms with Gasteiger partial charge in [-0.3, -0.25) is 0 Å². The molecule has 0 radical (unpaired) electrons. The van der Waals surface area contributed by atoms with Gasteiger partial charge in [-0.25, -0.2) is 0 Å². The lowest BCUT2D eigenvalue weighted by atomic mass is 9.86. The summed E-state index contributed by atoms with van der Waals surface area (Å²) >= 11 is 3.64. The third-order valence-corrected chi connectivity index (χ3v) is 3.82.